The van der Waals surface area contributed by atoms with Gasteiger partial charge in [-0.3, -0.25) is 0 Å². The molecule has 2 N–H and O–H groups in total. The first-order valence-corrected chi connectivity index (χ1v) is 6.43. The summed E-state index contributed by atoms with van der Waals surface area (Å²) >= 11 is 0.392. The predicted octanol–water partition coefficient (Wildman–Crippen LogP) is 1.31. The van der Waals surface area contributed by atoms with Gasteiger partial charge >= 0.3 is 84.3 Å². The van der Waals surface area contributed by atoms with Gasteiger partial charge in [0.25, 0.3) is 0 Å². The number of halogens is 1. The van der Waals surface area contributed by atoms with Gasteiger partial charge in [-0.25, -0.2) is 0 Å². The molecule has 0 amide bonds. The summed E-state index contributed by atoms with van der Waals surface area (Å²) in [5.74, 6) is -0.167. The molecule has 0 saturated carbocycles. The van der Waals surface area contributed by atoms with Crippen LogP contribution in [-0.4, -0.2) is 21.0 Å². The zero-order valence-corrected chi connectivity index (χ0v) is 9.38. The molecule has 0 saturated heterocycles. The Morgan fingerprint density at radius 2 is 2.00 bits per heavy atom. The molecule has 0 radical (unpaired) electrons. The molecule has 0 unspecified atom stereocenters. The van der Waals surface area contributed by atoms with E-state index in [-0.39, 0.29) is 5.82 Å². The minimum absolute atomic E-state index is 0.167. The maximum absolute atomic E-state index is 12.5. The molecule has 1 nitrogen and oxygen atoms in total. The van der Waals surface area contributed by atoms with Gasteiger partial charge in [-0.05, 0) is 0 Å². The van der Waals surface area contributed by atoms with Crippen LogP contribution in [0.4, 0.5) is 4.39 Å². The summed E-state index contributed by atoms with van der Waals surface area (Å²) in [5, 5.41) is 1.04. The van der Waals surface area contributed by atoms with Crippen molar-refractivity contribution in [1.29, 1.82) is 0 Å². The van der Waals surface area contributed by atoms with Crippen molar-refractivity contribution in [3.63, 3.8) is 0 Å². The zero-order chi connectivity index (χ0) is 9.68. The molecule has 0 heterocycles. The van der Waals surface area contributed by atoms with Crippen LogP contribution in [0.1, 0.15) is 13.3 Å². The monoisotopic (exact) mass is 247 g/mol. The van der Waals surface area contributed by atoms with E-state index in [1.165, 1.54) is 16.6 Å². The Morgan fingerprint density at radius 1 is 1.38 bits per heavy atom. The molecule has 1 rings (SSSR count). The van der Waals surface area contributed by atoms with Crippen molar-refractivity contribution in [3.8, 4) is 0 Å². The molecular formula is C10H14FNSe. The Hall–Kier alpha value is -0.371. The van der Waals surface area contributed by atoms with Gasteiger partial charge in [0, 0.05) is 0 Å². The Labute approximate surface area is 84.7 Å². The van der Waals surface area contributed by atoms with Crippen molar-refractivity contribution < 1.29 is 4.39 Å². The van der Waals surface area contributed by atoms with Crippen LogP contribution in [0.25, 0.3) is 0 Å². The molecule has 0 aliphatic carbocycles. The van der Waals surface area contributed by atoms with Crippen LogP contribution in [-0.2, 0) is 0 Å². The van der Waals surface area contributed by atoms with Gasteiger partial charge in [-0.15, -0.1) is 0 Å². The maximum atomic E-state index is 12.5. The van der Waals surface area contributed by atoms with Crippen molar-refractivity contribution in [2.75, 3.05) is 0 Å². The van der Waals surface area contributed by atoms with Gasteiger partial charge in [0.15, 0.2) is 0 Å². The van der Waals surface area contributed by atoms with E-state index in [4.69, 9.17) is 5.73 Å². The normalized spacial score (nSPS) is 12.8. The third-order valence-electron chi connectivity index (χ3n) is 1.80. The van der Waals surface area contributed by atoms with Crippen molar-refractivity contribution in [2.45, 2.75) is 24.7 Å². The van der Waals surface area contributed by atoms with Crippen LogP contribution in [0.3, 0.4) is 0 Å². The van der Waals surface area contributed by atoms with Gasteiger partial charge in [0.1, 0.15) is 0 Å². The quantitative estimate of drug-likeness (QED) is 0.796. The van der Waals surface area contributed by atoms with E-state index < -0.39 is 0 Å². The summed E-state index contributed by atoms with van der Waals surface area (Å²) in [6, 6.07) is 7.00. The number of benzene rings is 1. The average Bonchev–Trinajstić information content (AvgIpc) is 2.16. The molecule has 0 aromatic heterocycles. The second-order valence-corrected chi connectivity index (χ2v) is 5.23. The summed E-state index contributed by atoms with van der Waals surface area (Å²) in [5.41, 5.74) is 5.79. The van der Waals surface area contributed by atoms with Crippen LogP contribution >= 0.6 is 0 Å². The van der Waals surface area contributed by atoms with E-state index in [0.29, 0.717) is 21.0 Å². The number of hydrogen-bond acceptors (Lipinski definition) is 1. The van der Waals surface area contributed by atoms with Crippen molar-refractivity contribution in [1.82, 2.24) is 0 Å². The first-order valence-electron chi connectivity index (χ1n) is 4.36. The van der Waals surface area contributed by atoms with Crippen molar-refractivity contribution in [2.24, 2.45) is 5.73 Å². The van der Waals surface area contributed by atoms with Gasteiger partial charge in [0.05, 0.1) is 0 Å². The second kappa shape index (κ2) is 5.38. The van der Waals surface area contributed by atoms with Gasteiger partial charge in [0.2, 0.25) is 0 Å². The number of nitrogens with two attached hydrogens (primary N) is 1. The molecule has 1 aromatic rings. The van der Waals surface area contributed by atoms with Crippen LogP contribution in [0, 0.1) is 5.82 Å². The summed E-state index contributed by atoms with van der Waals surface area (Å²) in [4.78, 5) is 0. The van der Waals surface area contributed by atoms with Gasteiger partial charge in [-0.2, -0.15) is 0 Å². The van der Waals surface area contributed by atoms with Gasteiger partial charge in [-0.1, -0.05) is 0 Å². The van der Waals surface area contributed by atoms with E-state index in [1.807, 2.05) is 12.1 Å². The molecule has 0 bridgehead atoms. The molecule has 0 aliphatic rings. The van der Waals surface area contributed by atoms with Crippen LogP contribution in [0.2, 0.25) is 5.32 Å². The Bertz CT molecular complexity index is 248. The van der Waals surface area contributed by atoms with Gasteiger partial charge < -0.3 is 0 Å². The SMILES string of the molecule is CC[C@@H](N)C[Se]c1ccc(F)cc1. The number of rotatable bonds is 4. The Morgan fingerprint density at radius 3 is 2.54 bits per heavy atom. The summed E-state index contributed by atoms with van der Waals surface area (Å²) in [6.45, 7) is 2.09. The summed E-state index contributed by atoms with van der Waals surface area (Å²) in [7, 11) is 0. The molecule has 1 aromatic carbocycles. The van der Waals surface area contributed by atoms with Crippen molar-refractivity contribution in [3.05, 3.63) is 30.1 Å². The molecule has 0 aliphatic heterocycles. The van der Waals surface area contributed by atoms with Crippen LogP contribution in [0.15, 0.2) is 24.3 Å². The number of hydrogen-bond donors (Lipinski definition) is 1. The molecule has 1 atom stereocenters. The fraction of sp³-hybridized carbons (Fsp3) is 0.400. The van der Waals surface area contributed by atoms with E-state index in [9.17, 15) is 4.39 Å². The molecule has 72 valence electrons. The topological polar surface area (TPSA) is 26.0 Å². The summed E-state index contributed by atoms with van der Waals surface area (Å²) < 4.78 is 13.8. The first kappa shape index (κ1) is 10.7. The molecule has 0 fully saturated rings. The Balaban J connectivity index is 2.41. The fourth-order valence-corrected chi connectivity index (χ4v) is 2.89. The molecule has 3 heteroatoms. The first-order chi connectivity index (χ1) is 6.22. The summed E-state index contributed by atoms with van der Waals surface area (Å²) in [6.07, 6.45) is 1.02. The van der Waals surface area contributed by atoms with E-state index >= 15 is 0 Å². The predicted molar refractivity (Wildman–Crippen MR) is 54.9 cm³/mol. The van der Waals surface area contributed by atoms with E-state index in [1.54, 1.807) is 0 Å². The second-order valence-electron chi connectivity index (χ2n) is 2.93. The van der Waals surface area contributed by atoms with E-state index in [2.05, 4.69) is 6.92 Å². The average molecular weight is 246 g/mol. The minimum atomic E-state index is -0.167. The molecule has 0 spiro atoms. The van der Waals surface area contributed by atoms with E-state index in [0.717, 1.165) is 11.7 Å². The van der Waals surface area contributed by atoms with Crippen LogP contribution < -0.4 is 10.2 Å². The zero-order valence-electron chi connectivity index (χ0n) is 7.66. The van der Waals surface area contributed by atoms with Crippen molar-refractivity contribution >= 4 is 19.4 Å². The standard InChI is InChI=1S/C10H14FNSe/c1-2-9(12)7-13-10-5-3-8(11)4-6-10/h3-6,9H,2,7,12H2,1H3/t9-/m1/s1. The Kier molecular flexibility index (Phi) is 4.43. The third kappa shape index (κ3) is 3.90. The van der Waals surface area contributed by atoms with Crippen LogP contribution in [0.5, 0.6) is 0 Å². The third-order valence-corrected chi connectivity index (χ3v) is 4.32. The molecular weight excluding hydrogens is 232 g/mol. The molecule has 13 heavy (non-hydrogen) atoms. The fourth-order valence-electron chi connectivity index (χ4n) is 0.852.